The van der Waals surface area contributed by atoms with E-state index in [9.17, 15) is 4.79 Å². The van der Waals surface area contributed by atoms with Crippen LogP contribution in [-0.2, 0) is 11.3 Å². The molecule has 0 amide bonds. The largest absolute Gasteiger partial charge is 0.464 e. The number of hydrogen-bond acceptors (Lipinski definition) is 2. The lowest BCUT2D eigenvalue weighted by atomic mass is 10.1. The summed E-state index contributed by atoms with van der Waals surface area (Å²) in [5, 5.41) is 0.677. The Balaban J connectivity index is 2.52. The van der Waals surface area contributed by atoms with Crippen LogP contribution in [0.25, 0.3) is 11.3 Å². The molecule has 0 unspecified atom stereocenters. The van der Waals surface area contributed by atoms with E-state index in [-0.39, 0.29) is 5.97 Å². The minimum atomic E-state index is -0.329. The molecular formula is C14H14ClNO2. The lowest BCUT2D eigenvalue weighted by Gasteiger charge is -2.10. The quantitative estimate of drug-likeness (QED) is 0.792. The molecule has 1 heterocycles. The van der Waals surface area contributed by atoms with Crippen molar-refractivity contribution in [2.24, 2.45) is 0 Å². The van der Waals surface area contributed by atoms with Crippen molar-refractivity contribution in [3.8, 4) is 11.3 Å². The van der Waals surface area contributed by atoms with Crippen LogP contribution in [-0.4, -0.2) is 17.6 Å². The van der Waals surface area contributed by atoms with Crippen LogP contribution in [0.15, 0.2) is 36.4 Å². The average Bonchev–Trinajstić information content (AvgIpc) is 2.81. The molecule has 0 saturated heterocycles. The summed E-state index contributed by atoms with van der Waals surface area (Å²) < 4.78 is 6.68. The zero-order chi connectivity index (χ0) is 13.1. The number of methoxy groups -OCH3 is 1. The summed E-state index contributed by atoms with van der Waals surface area (Å²) in [6.07, 6.45) is 0. The van der Waals surface area contributed by atoms with E-state index in [0.717, 1.165) is 11.3 Å². The highest BCUT2D eigenvalue weighted by molar-refractivity contribution is 6.30. The number of ether oxygens (including phenoxy) is 1. The van der Waals surface area contributed by atoms with E-state index in [1.807, 2.05) is 41.8 Å². The number of esters is 1. The van der Waals surface area contributed by atoms with Gasteiger partial charge in [0.25, 0.3) is 0 Å². The van der Waals surface area contributed by atoms with E-state index in [0.29, 0.717) is 17.3 Å². The van der Waals surface area contributed by atoms with Crippen LogP contribution in [0, 0.1) is 0 Å². The van der Waals surface area contributed by atoms with E-state index >= 15 is 0 Å². The second kappa shape index (κ2) is 5.27. The summed E-state index contributed by atoms with van der Waals surface area (Å²) in [6.45, 7) is 2.68. The molecule has 0 N–H and O–H groups in total. The second-order valence-electron chi connectivity index (χ2n) is 3.85. The van der Waals surface area contributed by atoms with Gasteiger partial charge in [0, 0.05) is 17.3 Å². The molecule has 0 radical (unpaired) electrons. The molecule has 0 bridgehead atoms. The molecule has 0 aliphatic rings. The molecule has 0 aliphatic carbocycles. The monoisotopic (exact) mass is 263 g/mol. The average molecular weight is 264 g/mol. The number of halogens is 1. The van der Waals surface area contributed by atoms with Crippen LogP contribution >= 0.6 is 11.6 Å². The summed E-state index contributed by atoms with van der Waals surface area (Å²) in [6, 6.07) is 11.2. The Morgan fingerprint density at radius 1 is 1.33 bits per heavy atom. The number of carbonyl (C=O) groups excluding carboxylic acids is 1. The summed E-state index contributed by atoms with van der Waals surface area (Å²) in [4.78, 5) is 11.6. The topological polar surface area (TPSA) is 31.2 Å². The van der Waals surface area contributed by atoms with Gasteiger partial charge in [-0.25, -0.2) is 4.79 Å². The lowest BCUT2D eigenvalue weighted by Crippen LogP contribution is -2.10. The Kier molecular flexibility index (Phi) is 3.72. The standard InChI is InChI=1S/C14H14ClNO2/c1-3-16-12(7-8-13(16)14(17)18-2)10-5-4-6-11(15)9-10/h4-9H,3H2,1-2H3. The minimum Gasteiger partial charge on any atom is -0.464 e. The van der Waals surface area contributed by atoms with Gasteiger partial charge in [0.05, 0.1) is 7.11 Å². The van der Waals surface area contributed by atoms with E-state index in [4.69, 9.17) is 16.3 Å². The highest BCUT2D eigenvalue weighted by Gasteiger charge is 2.15. The van der Waals surface area contributed by atoms with Crippen molar-refractivity contribution < 1.29 is 9.53 Å². The molecule has 2 rings (SSSR count). The highest BCUT2D eigenvalue weighted by Crippen LogP contribution is 2.25. The van der Waals surface area contributed by atoms with Crippen molar-refractivity contribution in [2.75, 3.05) is 7.11 Å². The third-order valence-electron chi connectivity index (χ3n) is 2.81. The number of nitrogens with zero attached hydrogens (tertiary/aromatic N) is 1. The van der Waals surface area contributed by atoms with Gasteiger partial charge in [-0.2, -0.15) is 0 Å². The Bertz CT molecular complexity index is 575. The van der Waals surface area contributed by atoms with Crippen LogP contribution in [0.3, 0.4) is 0 Å². The molecule has 0 fully saturated rings. The van der Waals surface area contributed by atoms with Crippen LogP contribution in [0.2, 0.25) is 5.02 Å². The highest BCUT2D eigenvalue weighted by atomic mass is 35.5. The maximum absolute atomic E-state index is 11.6. The van der Waals surface area contributed by atoms with Gasteiger partial charge in [0.15, 0.2) is 0 Å². The molecule has 0 atom stereocenters. The smallest absolute Gasteiger partial charge is 0.354 e. The second-order valence-corrected chi connectivity index (χ2v) is 4.29. The summed E-state index contributed by atoms with van der Waals surface area (Å²) in [5.74, 6) is -0.329. The molecule has 0 saturated carbocycles. The summed E-state index contributed by atoms with van der Waals surface area (Å²) in [7, 11) is 1.38. The molecule has 2 aromatic rings. The molecule has 0 aliphatic heterocycles. The van der Waals surface area contributed by atoms with Crippen LogP contribution in [0.1, 0.15) is 17.4 Å². The van der Waals surface area contributed by atoms with Gasteiger partial charge in [0.2, 0.25) is 0 Å². The van der Waals surface area contributed by atoms with Crippen molar-refractivity contribution >= 4 is 17.6 Å². The van der Waals surface area contributed by atoms with Gasteiger partial charge in [-0.3, -0.25) is 0 Å². The van der Waals surface area contributed by atoms with Gasteiger partial charge >= 0.3 is 5.97 Å². The fraction of sp³-hybridized carbons (Fsp3) is 0.214. The predicted octanol–water partition coefficient (Wildman–Crippen LogP) is 3.62. The molecule has 0 spiro atoms. The Morgan fingerprint density at radius 2 is 2.11 bits per heavy atom. The zero-order valence-corrected chi connectivity index (χ0v) is 11.1. The van der Waals surface area contributed by atoms with E-state index in [1.165, 1.54) is 7.11 Å². The van der Waals surface area contributed by atoms with Crippen molar-refractivity contribution in [3.63, 3.8) is 0 Å². The van der Waals surface area contributed by atoms with Crippen molar-refractivity contribution in [1.82, 2.24) is 4.57 Å². The van der Waals surface area contributed by atoms with Crippen molar-refractivity contribution in [1.29, 1.82) is 0 Å². The molecular weight excluding hydrogens is 250 g/mol. The van der Waals surface area contributed by atoms with Gasteiger partial charge in [-0.1, -0.05) is 23.7 Å². The molecule has 1 aromatic carbocycles. The van der Waals surface area contributed by atoms with Crippen LogP contribution in [0.5, 0.6) is 0 Å². The Labute approximate surface area is 111 Å². The maximum Gasteiger partial charge on any atom is 0.354 e. The maximum atomic E-state index is 11.6. The molecule has 18 heavy (non-hydrogen) atoms. The molecule has 1 aromatic heterocycles. The number of rotatable bonds is 3. The van der Waals surface area contributed by atoms with Crippen LogP contribution in [0.4, 0.5) is 0 Å². The van der Waals surface area contributed by atoms with Gasteiger partial charge in [-0.05, 0) is 36.8 Å². The van der Waals surface area contributed by atoms with Crippen molar-refractivity contribution in [2.45, 2.75) is 13.5 Å². The first kappa shape index (κ1) is 12.7. The van der Waals surface area contributed by atoms with Crippen molar-refractivity contribution in [3.05, 3.63) is 47.1 Å². The minimum absolute atomic E-state index is 0.329. The van der Waals surface area contributed by atoms with Gasteiger partial charge < -0.3 is 9.30 Å². The third-order valence-corrected chi connectivity index (χ3v) is 3.05. The first-order valence-electron chi connectivity index (χ1n) is 5.71. The van der Waals surface area contributed by atoms with E-state index in [2.05, 4.69) is 0 Å². The van der Waals surface area contributed by atoms with E-state index in [1.54, 1.807) is 6.07 Å². The number of hydrogen-bond donors (Lipinski definition) is 0. The molecule has 3 nitrogen and oxygen atoms in total. The summed E-state index contributed by atoms with van der Waals surface area (Å²) >= 11 is 5.99. The first-order chi connectivity index (χ1) is 8.67. The number of carbonyl (C=O) groups is 1. The van der Waals surface area contributed by atoms with Gasteiger partial charge in [-0.15, -0.1) is 0 Å². The van der Waals surface area contributed by atoms with Crippen LogP contribution < -0.4 is 0 Å². The zero-order valence-electron chi connectivity index (χ0n) is 10.3. The predicted molar refractivity (Wildman–Crippen MR) is 71.9 cm³/mol. The number of aromatic nitrogens is 1. The normalized spacial score (nSPS) is 10.4. The molecule has 4 heteroatoms. The number of benzene rings is 1. The van der Waals surface area contributed by atoms with E-state index < -0.39 is 0 Å². The molecule has 94 valence electrons. The first-order valence-corrected chi connectivity index (χ1v) is 6.09. The van der Waals surface area contributed by atoms with Gasteiger partial charge in [0.1, 0.15) is 5.69 Å². The Morgan fingerprint density at radius 3 is 2.72 bits per heavy atom. The summed E-state index contributed by atoms with van der Waals surface area (Å²) in [5.41, 5.74) is 2.50. The third kappa shape index (κ3) is 2.27. The fourth-order valence-corrected chi connectivity index (χ4v) is 2.18. The fourth-order valence-electron chi connectivity index (χ4n) is 1.99. The SMILES string of the molecule is CCn1c(C(=O)OC)ccc1-c1cccc(Cl)c1. The Hall–Kier alpha value is -1.74. The lowest BCUT2D eigenvalue weighted by molar-refractivity contribution is 0.0589.